The molecule has 0 radical (unpaired) electrons. The van der Waals surface area contributed by atoms with E-state index in [4.69, 9.17) is 9.47 Å². The highest BCUT2D eigenvalue weighted by Gasteiger charge is 2.31. The number of morpholine rings is 2. The summed E-state index contributed by atoms with van der Waals surface area (Å²) in [4.78, 5) is 30.7. The Morgan fingerprint density at radius 3 is 1.13 bits per heavy atom. The smallest absolute Gasteiger partial charge is 0.242 e. The number of carbonyl (C=O) groups excluding carboxylic acids is 2. The van der Waals surface area contributed by atoms with E-state index in [1.807, 2.05) is 90.1 Å². The van der Waals surface area contributed by atoms with Gasteiger partial charge in [0, 0.05) is 48.9 Å². The van der Waals surface area contributed by atoms with Crippen LogP contribution in [0.1, 0.15) is 51.7 Å². The number of hydrogen-bond acceptors (Lipinski definition) is 10. The van der Waals surface area contributed by atoms with Crippen LogP contribution < -0.4 is 29.9 Å². The van der Waals surface area contributed by atoms with E-state index in [-0.39, 0.29) is 33.4 Å². The lowest BCUT2D eigenvalue weighted by molar-refractivity contribution is -0.119. The molecule has 0 spiro atoms. The molecule has 2 saturated heterocycles. The van der Waals surface area contributed by atoms with E-state index in [1.165, 1.54) is 0 Å². The van der Waals surface area contributed by atoms with Crippen molar-refractivity contribution in [2.45, 2.75) is 76.3 Å². The van der Waals surface area contributed by atoms with Crippen molar-refractivity contribution >= 4 is 54.6 Å². The fourth-order valence-corrected chi connectivity index (χ4v) is 9.44. The quantitative estimate of drug-likeness (QED) is 0.0996. The SMILES string of the molecule is CC[C@H](C)[C@H](NS(=O)(=O)c1ccc(C)cc1)C(=O)Nc1ccc(N2CCOCC2)cc1.CC[C@H](C)[C@H](NS(=O)(=O)c1ccc(C)cc1)C(=O)Nc1ccc(N2CCOCC2)cc1. The molecule has 4 aromatic carbocycles. The molecule has 0 aliphatic carbocycles. The van der Waals surface area contributed by atoms with Crippen LogP contribution in [0.3, 0.4) is 0 Å². The number of aryl methyl sites for hydroxylation is 2. The van der Waals surface area contributed by atoms with Gasteiger partial charge in [-0.05, 0) is 98.5 Å². The second-order valence-corrected chi connectivity index (χ2v) is 19.3. The minimum Gasteiger partial charge on any atom is -0.378 e. The molecular formula is C46H62N6O8S2. The summed E-state index contributed by atoms with van der Waals surface area (Å²) in [5.41, 5.74) is 5.33. The summed E-state index contributed by atoms with van der Waals surface area (Å²) in [5, 5.41) is 5.72. The zero-order valence-electron chi connectivity index (χ0n) is 36.6. The minimum absolute atomic E-state index is 0.147. The van der Waals surface area contributed by atoms with Gasteiger partial charge in [0.25, 0.3) is 0 Å². The first kappa shape index (κ1) is 48.2. The molecule has 14 nitrogen and oxygen atoms in total. The number of sulfonamides is 2. The third kappa shape index (κ3) is 13.6. The number of rotatable bonds is 16. The number of nitrogens with one attached hydrogen (secondary N) is 4. The molecule has 4 N–H and O–H groups in total. The second kappa shape index (κ2) is 22.5. The Morgan fingerprint density at radius 1 is 0.532 bits per heavy atom. The summed E-state index contributed by atoms with van der Waals surface area (Å²) in [6.45, 7) is 17.5. The van der Waals surface area contributed by atoms with Crippen LogP contribution in [-0.4, -0.2) is 93.3 Å². The average molecular weight is 891 g/mol. The molecular weight excluding hydrogens is 829 g/mol. The van der Waals surface area contributed by atoms with Crippen molar-refractivity contribution in [3.63, 3.8) is 0 Å². The topological polar surface area (TPSA) is 175 Å². The van der Waals surface area contributed by atoms with E-state index < -0.39 is 32.1 Å². The minimum atomic E-state index is -3.82. The van der Waals surface area contributed by atoms with Crippen LogP contribution in [0.25, 0.3) is 0 Å². The number of amides is 2. The molecule has 6 rings (SSSR count). The van der Waals surface area contributed by atoms with Gasteiger partial charge in [-0.25, -0.2) is 16.8 Å². The third-order valence-corrected chi connectivity index (χ3v) is 14.2. The van der Waals surface area contributed by atoms with Crippen molar-refractivity contribution in [3.8, 4) is 0 Å². The van der Waals surface area contributed by atoms with E-state index in [0.29, 0.717) is 50.6 Å². The molecule has 4 atom stereocenters. The van der Waals surface area contributed by atoms with E-state index in [9.17, 15) is 26.4 Å². The van der Waals surface area contributed by atoms with Gasteiger partial charge in [0.15, 0.2) is 0 Å². The van der Waals surface area contributed by atoms with Gasteiger partial charge in [-0.1, -0.05) is 75.9 Å². The van der Waals surface area contributed by atoms with Crippen molar-refractivity contribution in [2.24, 2.45) is 11.8 Å². The van der Waals surface area contributed by atoms with Crippen molar-refractivity contribution < 1.29 is 35.9 Å². The zero-order valence-corrected chi connectivity index (χ0v) is 38.2. The van der Waals surface area contributed by atoms with Gasteiger partial charge in [-0.3, -0.25) is 9.59 Å². The fourth-order valence-electron chi connectivity index (χ4n) is 6.83. The number of anilines is 4. The summed E-state index contributed by atoms with van der Waals surface area (Å²) in [7, 11) is -7.64. The van der Waals surface area contributed by atoms with Crippen LogP contribution >= 0.6 is 0 Å². The van der Waals surface area contributed by atoms with Gasteiger partial charge >= 0.3 is 0 Å². The average Bonchev–Trinajstić information content (AvgIpc) is 3.28. The van der Waals surface area contributed by atoms with Crippen LogP contribution in [0.2, 0.25) is 0 Å². The highest BCUT2D eigenvalue weighted by molar-refractivity contribution is 7.89. The van der Waals surface area contributed by atoms with Crippen molar-refractivity contribution in [2.75, 3.05) is 73.0 Å². The Morgan fingerprint density at radius 2 is 0.839 bits per heavy atom. The molecule has 2 fully saturated rings. The van der Waals surface area contributed by atoms with Crippen LogP contribution in [0.4, 0.5) is 22.7 Å². The van der Waals surface area contributed by atoms with Crippen molar-refractivity contribution in [1.82, 2.24) is 9.44 Å². The van der Waals surface area contributed by atoms with Crippen molar-refractivity contribution in [1.29, 1.82) is 0 Å². The molecule has 0 saturated carbocycles. The molecule has 62 heavy (non-hydrogen) atoms. The predicted molar refractivity (Wildman–Crippen MR) is 246 cm³/mol. The number of carbonyl (C=O) groups is 2. The maximum atomic E-state index is 13.0. The number of hydrogen-bond donors (Lipinski definition) is 4. The monoisotopic (exact) mass is 890 g/mol. The highest BCUT2D eigenvalue weighted by atomic mass is 32.2. The Bertz CT molecular complexity index is 2100. The zero-order chi connectivity index (χ0) is 44.9. The van der Waals surface area contributed by atoms with E-state index in [1.54, 1.807) is 48.5 Å². The van der Waals surface area contributed by atoms with Gasteiger partial charge < -0.3 is 29.9 Å². The third-order valence-electron chi connectivity index (χ3n) is 11.2. The lowest BCUT2D eigenvalue weighted by Crippen LogP contribution is -2.47. The van der Waals surface area contributed by atoms with Gasteiger partial charge in [-0.15, -0.1) is 0 Å². The molecule has 2 heterocycles. The van der Waals surface area contributed by atoms with Gasteiger partial charge in [-0.2, -0.15) is 9.44 Å². The number of benzene rings is 4. The van der Waals surface area contributed by atoms with E-state index >= 15 is 0 Å². The van der Waals surface area contributed by atoms with E-state index in [0.717, 1.165) is 48.7 Å². The van der Waals surface area contributed by atoms with Crippen LogP contribution in [-0.2, 0) is 39.1 Å². The first-order valence-corrected chi connectivity index (χ1v) is 24.2. The van der Waals surface area contributed by atoms with Crippen LogP contribution in [0, 0.1) is 25.7 Å². The highest BCUT2D eigenvalue weighted by Crippen LogP contribution is 2.23. The van der Waals surface area contributed by atoms with Gasteiger partial charge in [0.1, 0.15) is 12.1 Å². The number of ether oxygens (including phenoxy) is 2. The maximum absolute atomic E-state index is 13.0. The lowest BCUT2D eigenvalue weighted by atomic mass is 9.99. The molecule has 2 amide bonds. The predicted octanol–water partition coefficient (Wildman–Crippen LogP) is 6.33. The number of nitrogens with zero attached hydrogens (tertiary/aromatic N) is 2. The Balaban J connectivity index is 0.000000234. The van der Waals surface area contributed by atoms with Crippen LogP contribution in [0.5, 0.6) is 0 Å². The van der Waals surface area contributed by atoms with Gasteiger partial charge in [0.2, 0.25) is 31.9 Å². The molecule has 0 bridgehead atoms. The summed E-state index contributed by atoms with van der Waals surface area (Å²) >= 11 is 0. The maximum Gasteiger partial charge on any atom is 0.242 e. The Hall–Kier alpha value is -4.84. The summed E-state index contributed by atoms with van der Waals surface area (Å²) in [6.07, 6.45) is 1.31. The molecule has 2 aliphatic rings. The van der Waals surface area contributed by atoms with Gasteiger partial charge in [0.05, 0.1) is 36.2 Å². The molecule has 4 aromatic rings. The summed E-state index contributed by atoms with van der Waals surface area (Å²) < 4.78 is 67.3. The largest absolute Gasteiger partial charge is 0.378 e. The summed E-state index contributed by atoms with van der Waals surface area (Å²) in [6, 6.07) is 26.6. The summed E-state index contributed by atoms with van der Waals surface area (Å²) in [5.74, 6) is -1.09. The Labute approximate surface area is 367 Å². The van der Waals surface area contributed by atoms with E-state index in [2.05, 4.69) is 29.9 Å². The molecule has 16 heteroatoms. The molecule has 336 valence electrons. The second-order valence-electron chi connectivity index (χ2n) is 15.9. The Kier molecular flexibility index (Phi) is 17.5. The normalized spacial score (nSPS) is 16.5. The molecule has 0 unspecified atom stereocenters. The first-order chi connectivity index (χ1) is 29.6. The fraction of sp³-hybridized carbons (Fsp3) is 0.435. The van der Waals surface area contributed by atoms with Crippen molar-refractivity contribution in [3.05, 3.63) is 108 Å². The molecule has 2 aliphatic heterocycles. The molecule has 0 aromatic heterocycles. The standard InChI is InChI=1S/2C23H31N3O4S/c2*1-4-18(3)22(25-31(28,29)21-11-5-17(2)6-12-21)23(27)24-19-7-9-20(10-8-19)26-13-15-30-16-14-26/h2*5-12,18,22,25H,4,13-16H2,1-3H3,(H,24,27)/t2*18-,22-/m00/s1. The van der Waals surface area contributed by atoms with Crippen LogP contribution in [0.15, 0.2) is 107 Å². The lowest BCUT2D eigenvalue weighted by Gasteiger charge is -2.29. The first-order valence-electron chi connectivity index (χ1n) is 21.3.